The molecule has 0 aliphatic rings. The molecular weight excluding hydrogens is 329 g/mol. The number of nitrogens with one attached hydrogen (secondary N) is 2. The van der Waals surface area contributed by atoms with E-state index in [0.717, 1.165) is 32.5 Å². The highest BCUT2D eigenvalue weighted by molar-refractivity contribution is 5.79. The molecule has 0 amide bonds. The van der Waals surface area contributed by atoms with E-state index in [2.05, 4.69) is 27.8 Å². The van der Waals surface area contributed by atoms with Crippen LogP contribution in [0.15, 0.2) is 59.6 Å². The highest BCUT2D eigenvalue weighted by Gasteiger charge is 2.01. The topological polar surface area (TPSA) is 45.7 Å². The third kappa shape index (κ3) is 7.66. The van der Waals surface area contributed by atoms with E-state index in [1.807, 2.05) is 31.2 Å². The minimum absolute atomic E-state index is 0.220. The summed E-state index contributed by atoms with van der Waals surface area (Å²) in [7, 11) is 0. The molecule has 0 aliphatic carbocycles. The highest BCUT2D eigenvalue weighted by Crippen LogP contribution is 2.07. The summed E-state index contributed by atoms with van der Waals surface area (Å²) >= 11 is 0. The summed E-state index contributed by atoms with van der Waals surface area (Å²) in [5, 5.41) is 6.46. The zero-order valence-electron chi connectivity index (χ0n) is 15.4. The summed E-state index contributed by atoms with van der Waals surface area (Å²) in [6, 6.07) is 16.9. The van der Waals surface area contributed by atoms with Crippen LogP contribution in [0.25, 0.3) is 0 Å². The third-order valence-electron chi connectivity index (χ3n) is 3.83. The molecule has 0 saturated carbocycles. The number of benzene rings is 2. The summed E-state index contributed by atoms with van der Waals surface area (Å²) in [5.41, 5.74) is 1.79. The molecule has 0 saturated heterocycles. The van der Waals surface area contributed by atoms with Crippen LogP contribution in [0.3, 0.4) is 0 Å². The van der Waals surface area contributed by atoms with Crippen LogP contribution in [0.2, 0.25) is 0 Å². The normalized spacial score (nSPS) is 11.4. The summed E-state index contributed by atoms with van der Waals surface area (Å²) in [6.45, 7) is 5.29. The maximum atomic E-state index is 13.6. The molecule has 0 atom stereocenters. The first-order chi connectivity index (χ1) is 12.8. The van der Waals surface area contributed by atoms with Crippen LogP contribution in [0, 0.1) is 5.82 Å². The lowest BCUT2D eigenvalue weighted by Crippen LogP contribution is -2.37. The molecule has 140 valence electrons. The molecule has 0 aromatic heterocycles. The van der Waals surface area contributed by atoms with Crippen LogP contribution in [-0.4, -0.2) is 25.7 Å². The Morgan fingerprint density at radius 3 is 2.54 bits per heavy atom. The predicted octanol–water partition coefficient (Wildman–Crippen LogP) is 3.88. The Morgan fingerprint density at radius 2 is 1.77 bits per heavy atom. The molecule has 0 heterocycles. The second kappa shape index (κ2) is 12.0. The molecule has 2 aromatic carbocycles. The monoisotopic (exact) mass is 357 g/mol. The zero-order chi connectivity index (χ0) is 18.5. The van der Waals surface area contributed by atoms with Gasteiger partial charge in [0.15, 0.2) is 5.96 Å². The Balaban J connectivity index is 1.63. The number of guanidine groups is 1. The lowest BCUT2D eigenvalue weighted by Gasteiger charge is -2.11. The lowest BCUT2D eigenvalue weighted by atomic mass is 10.2. The van der Waals surface area contributed by atoms with E-state index in [-0.39, 0.29) is 5.82 Å². The molecule has 4 nitrogen and oxygen atoms in total. The number of hydrogen-bond donors (Lipinski definition) is 2. The Bertz CT molecular complexity index is 661. The zero-order valence-corrected chi connectivity index (χ0v) is 15.4. The van der Waals surface area contributed by atoms with Crippen molar-refractivity contribution in [2.45, 2.75) is 32.9 Å². The fraction of sp³-hybridized carbons (Fsp3) is 0.381. The van der Waals surface area contributed by atoms with E-state index >= 15 is 0 Å². The van der Waals surface area contributed by atoms with Gasteiger partial charge < -0.3 is 15.4 Å². The lowest BCUT2D eigenvalue weighted by molar-refractivity contribution is 0.117. The minimum Gasteiger partial charge on any atom is -0.377 e. The van der Waals surface area contributed by atoms with Gasteiger partial charge in [-0.25, -0.2) is 9.38 Å². The largest absolute Gasteiger partial charge is 0.377 e. The first kappa shape index (κ1) is 19.9. The first-order valence-corrected chi connectivity index (χ1v) is 9.17. The van der Waals surface area contributed by atoms with Gasteiger partial charge in [-0.15, -0.1) is 0 Å². The second-order valence-electron chi connectivity index (χ2n) is 5.96. The number of ether oxygens (including phenoxy) is 1. The van der Waals surface area contributed by atoms with Crippen molar-refractivity contribution in [2.75, 3.05) is 19.7 Å². The maximum absolute atomic E-state index is 13.6. The van der Waals surface area contributed by atoms with Gasteiger partial charge >= 0.3 is 0 Å². The molecule has 0 fully saturated rings. The van der Waals surface area contributed by atoms with Gasteiger partial charge in [-0.05, 0) is 31.4 Å². The van der Waals surface area contributed by atoms with Gasteiger partial charge in [-0.1, -0.05) is 48.5 Å². The Kier molecular flexibility index (Phi) is 9.22. The number of hydrogen-bond acceptors (Lipinski definition) is 2. The van der Waals surface area contributed by atoms with Crippen molar-refractivity contribution in [3.8, 4) is 0 Å². The van der Waals surface area contributed by atoms with Crippen molar-refractivity contribution < 1.29 is 9.13 Å². The van der Waals surface area contributed by atoms with Crippen molar-refractivity contribution in [1.82, 2.24) is 10.6 Å². The number of unbranched alkanes of at least 4 members (excludes halogenated alkanes) is 1. The van der Waals surface area contributed by atoms with Gasteiger partial charge in [-0.3, -0.25) is 0 Å². The Morgan fingerprint density at radius 1 is 1.00 bits per heavy atom. The Hall–Kier alpha value is -2.40. The van der Waals surface area contributed by atoms with Crippen molar-refractivity contribution in [3.63, 3.8) is 0 Å². The van der Waals surface area contributed by atoms with Crippen LogP contribution >= 0.6 is 0 Å². The highest BCUT2D eigenvalue weighted by atomic mass is 19.1. The summed E-state index contributed by atoms with van der Waals surface area (Å²) in [6.07, 6.45) is 1.96. The molecule has 0 bridgehead atoms. The quantitative estimate of drug-likeness (QED) is 0.385. The standard InChI is InChI=1S/C21H28FN3O/c1-2-23-21(25-16-19-12-6-7-13-20(19)22)24-14-8-9-15-26-17-18-10-4-3-5-11-18/h3-7,10-13H,2,8-9,14-17H2,1H3,(H2,23,24,25). The van der Waals surface area contributed by atoms with Gasteiger partial charge in [0, 0.05) is 25.3 Å². The number of nitrogens with zero attached hydrogens (tertiary/aromatic N) is 1. The second-order valence-corrected chi connectivity index (χ2v) is 5.96. The third-order valence-corrected chi connectivity index (χ3v) is 3.83. The van der Waals surface area contributed by atoms with Crippen molar-refractivity contribution in [1.29, 1.82) is 0 Å². The summed E-state index contributed by atoms with van der Waals surface area (Å²) in [5.74, 6) is 0.489. The van der Waals surface area contributed by atoms with Crippen molar-refractivity contribution >= 4 is 5.96 Å². The van der Waals surface area contributed by atoms with Gasteiger partial charge in [0.1, 0.15) is 5.82 Å². The van der Waals surface area contributed by atoms with Crippen LogP contribution < -0.4 is 10.6 Å². The van der Waals surface area contributed by atoms with E-state index in [1.165, 1.54) is 11.6 Å². The average Bonchev–Trinajstić information content (AvgIpc) is 2.67. The minimum atomic E-state index is -0.220. The van der Waals surface area contributed by atoms with Gasteiger partial charge in [0.25, 0.3) is 0 Å². The molecule has 0 aliphatic heterocycles. The Labute approximate surface area is 155 Å². The summed E-state index contributed by atoms with van der Waals surface area (Å²) in [4.78, 5) is 4.44. The molecule has 2 aromatic rings. The van der Waals surface area contributed by atoms with E-state index in [9.17, 15) is 4.39 Å². The van der Waals surface area contributed by atoms with Gasteiger partial charge in [-0.2, -0.15) is 0 Å². The van der Waals surface area contributed by atoms with Crippen molar-refractivity contribution in [2.24, 2.45) is 4.99 Å². The molecular formula is C21H28FN3O. The van der Waals surface area contributed by atoms with Crippen LogP contribution in [0.5, 0.6) is 0 Å². The summed E-state index contributed by atoms with van der Waals surface area (Å²) < 4.78 is 19.3. The van der Waals surface area contributed by atoms with E-state index in [4.69, 9.17) is 4.74 Å². The van der Waals surface area contributed by atoms with E-state index < -0.39 is 0 Å². The molecule has 0 spiro atoms. The molecule has 0 radical (unpaired) electrons. The fourth-order valence-corrected chi connectivity index (χ4v) is 2.43. The fourth-order valence-electron chi connectivity index (χ4n) is 2.43. The van der Waals surface area contributed by atoms with Gasteiger partial charge in [0.05, 0.1) is 13.2 Å². The van der Waals surface area contributed by atoms with Gasteiger partial charge in [0.2, 0.25) is 0 Å². The number of aliphatic imine (C=N–C) groups is 1. The van der Waals surface area contributed by atoms with Crippen LogP contribution in [-0.2, 0) is 17.9 Å². The molecule has 5 heteroatoms. The average molecular weight is 357 g/mol. The van der Waals surface area contributed by atoms with E-state index in [1.54, 1.807) is 12.1 Å². The molecule has 26 heavy (non-hydrogen) atoms. The van der Waals surface area contributed by atoms with Crippen LogP contribution in [0.1, 0.15) is 30.9 Å². The number of halogens is 1. The van der Waals surface area contributed by atoms with Crippen molar-refractivity contribution in [3.05, 3.63) is 71.5 Å². The van der Waals surface area contributed by atoms with Crippen LogP contribution in [0.4, 0.5) is 4.39 Å². The number of rotatable bonds is 10. The SMILES string of the molecule is CCNC(=NCc1ccccc1F)NCCCCOCc1ccccc1. The molecule has 2 N–H and O–H groups in total. The van der Waals surface area contributed by atoms with E-state index in [0.29, 0.717) is 24.7 Å². The smallest absolute Gasteiger partial charge is 0.191 e. The predicted molar refractivity (Wildman–Crippen MR) is 105 cm³/mol. The molecule has 2 rings (SSSR count). The first-order valence-electron chi connectivity index (χ1n) is 9.17. The maximum Gasteiger partial charge on any atom is 0.191 e. The molecule has 0 unspecified atom stereocenters.